The average molecular weight is 401 g/mol. The first kappa shape index (κ1) is 16.1. The Kier molecular flexibility index (Phi) is 3.38. The van der Waals surface area contributed by atoms with Crippen LogP contribution in [0.4, 0.5) is 4.39 Å². The van der Waals surface area contributed by atoms with Gasteiger partial charge in [0, 0.05) is 28.9 Å². The molecule has 3 N–H and O–H groups in total. The van der Waals surface area contributed by atoms with Gasteiger partial charge in [0.05, 0.1) is 33.7 Å². The van der Waals surface area contributed by atoms with Gasteiger partial charge in [0.25, 0.3) is 0 Å². The molecule has 140 valence electrons. The molecule has 6 aromatic rings. The van der Waals surface area contributed by atoms with Crippen LogP contribution in [-0.4, -0.2) is 35.3 Å². The summed E-state index contributed by atoms with van der Waals surface area (Å²) in [6, 6.07) is 11.0. The number of hydrogen-bond acceptors (Lipinski definition) is 5. The van der Waals surface area contributed by atoms with E-state index >= 15 is 0 Å². The second kappa shape index (κ2) is 6.08. The molecule has 0 aliphatic carbocycles. The first-order chi connectivity index (χ1) is 14.3. The molecule has 0 bridgehead atoms. The predicted molar refractivity (Wildman–Crippen MR) is 110 cm³/mol. The summed E-state index contributed by atoms with van der Waals surface area (Å²) in [5.41, 5.74) is 6.48. The van der Waals surface area contributed by atoms with Crippen molar-refractivity contribution >= 4 is 33.3 Å². The fourth-order valence-corrected chi connectivity index (χ4v) is 4.20. The summed E-state index contributed by atoms with van der Waals surface area (Å²) in [6.45, 7) is 0. The number of aromatic nitrogens is 7. The number of thiophene rings is 1. The van der Waals surface area contributed by atoms with E-state index in [2.05, 4.69) is 30.4 Å². The van der Waals surface area contributed by atoms with Gasteiger partial charge in [-0.25, -0.2) is 4.98 Å². The Bertz CT molecular complexity index is 1480. The van der Waals surface area contributed by atoms with Gasteiger partial charge in [0.2, 0.25) is 0 Å². The summed E-state index contributed by atoms with van der Waals surface area (Å²) in [6.07, 6.45) is 5.25. The van der Waals surface area contributed by atoms with Gasteiger partial charge in [0.1, 0.15) is 11.2 Å². The molecule has 29 heavy (non-hydrogen) atoms. The molecule has 0 aromatic carbocycles. The molecular formula is C20H12FN7S. The molecule has 6 rings (SSSR count). The summed E-state index contributed by atoms with van der Waals surface area (Å²) in [5.74, 6) is 0. The van der Waals surface area contributed by atoms with E-state index in [1.165, 1.54) is 6.07 Å². The quantitative estimate of drug-likeness (QED) is 0.398. The van der Waals surface area contributed by atoms with Crippen LogP contribution in [-0.2, 0) is 0 Å². The Morgan fingerprint density at radius 2 is 1.97 bits per heavy atom. The highest BCUT2D eigenvalue weighted by Crippen LogP contribution is 2.35. The lowest BCUT2D eigenvalue weighted by atomic mass is 10.1. The maximum atomic E-state index is 13.5. The van der Waals surface area contributed by atoms with E-state index < -0.39 is 0 Å². The van der Waals surface area contributed by atoms with Gasteiger partial charge in [-0.15, -0.1) is 11.3 Å². The smallest absolute Gasteiger partial charge is 0.177 e. The SMILES string of the molecule is Fc1ccc(-c2nccc3[nH]c(-c4n[nH]c5ccc(-c6cn[nH]c6)nc45)cc23)s1. The van der Waals surface area contributed by atoms with E-state index in [1.54, 1.807) is 24.7 Å². The van der Waals surface area contributed by atoms with E-state index in [9.17, 15) is 4.39 Å². The van der Waals surface area contributed by atoms with Crippen LogP contribution in [0.2, 0.25) is 0 Å². The molecule has 0 saturated carbocycles. The van der Waals surface area contributed by atoms with Crippen molar-refractivity contribution in [2.45, 2.75) is 0 Å². The van der Waals surface area contributed by atoms with Crippen molar-refractivity contribution in [1.29, 1.82) is 0 Å². The number of hydrogen-bond donors (Lipinski definition) is 3. The average Bonchev–Trinajstić information content (AvgIpc) is 3.51. The van der Waals surface area contributed by atoms with Crippen molar-refractivity contribution in [3.63, 3.8) is 0 Å². The van der Waals surface area contributed by atoms with Gasteiger partial charge in [-0.3, -0.25) is 15.2 Å². The van der Waals surface area contributed by atoms with Gasteiger partial charge in [-0.1, -0.05) is 0 Å². The highest BCUT2D eigenvalue weighted by atomic mass is 32.1. The van der Waals surface area contributed by atoms with Crippen LogP contribution in [0.3, 0.4) is 0 Å². The topological polar surface area (TPSA) is 98.9 Å². The maximum Gasteiger partial charge on any atom is 0.177 e. The summed E-state index contributed by atoms with van der Waals surface area (Å²) in [5, 5.41) is 15.0. The minimum absolute atomic E-state index is 0.233. The summed E-state index contributed by atoms with van der Waals surface area (Å²) < 4.78 is 13.5. The molecule has 0 unspecified atom stereocenters. The Hall–Kier alpha value is -3.85. The van der Waals surface area contributed by atoms with Crippen LogP contribution < -0.4 is 0 Å². The molecule has 9 heteroatoms. The molecule has 6 heterocycles. The van der Waals surface area contributed by atoms with Crippen molar-refractivity contribution in [3.8, 4) is 33.2 Å². The third kappa shape index (κ3) is 2.55. The van der Waals surface area contributed by atoms with Crippen LogP contribution in [0.25, 0.3) is 55.2 Å². The molecule has 0 amide bonds. The molecular weight excluding hydrogens is 389 g/mol. The van der Waals surface area contributed by atoms with Crippen molar-refractivity contribution in [1.82, 2.24) is 35.3 Å². The molecule has 0 atom stereocenters. The standard InChI is InChI=1S/C20H12FN7S/c21-17-4-3-16(29-17)18-11-7-15(25-13(11)5-6-22-18)20-19-14(27-28-20)2-1-12(26-19)10-8-23-24-9-10/h1-9,25H,(H,23,24)(H,27,28). The van der Waals surface area contributed by atoms with Crippen LogP contribution in [0, 0.1) is 5.13 Å². The van der Waals surface area contributed by atoms with Crippen LogP contribution in [0.5, 0.6) is 0 Å². The van der Waals surface area contributed by atoms with Crippen molar-refractivity contribution in [2.75, 3.05) is 0 Å². The first-order valence-corrected chi connectivity index (χ1v) is 9.66. The predicted octanol–water partition coefficient (Wildman–Crippen LogP) is 4.76. The fraction of sp³-hybridized carbons (Fsp3) is 0. The molecule has 6 aromatic heterocycles. The van der Waals surface area contributed by atoms with Gasteiger partial charge in [-0.2, -0.15) is 14.6 Å². The molecule has 0 spiro atoms. The van der Waals surface area contributed by atoms with E-state index in [0.29, 0.717) is 5.69 Å². The number of rotatable bonds is 3. The summed E-state index contributed by atoms with van der Waals surface area (Å²) in [7, 11) is 0. The number of pyridine rings is 2. The van der Waals surface area contributed by atoms with E-state index in [0.717, 1.165) is 60.8 Å². The number of nitrogens with zero attached hydrogens (tertiary/aromatic N) is 4. The zero-order valence-corrected chi connectivity index (χ0v) is 15.6. The fourth-order valence-electron chi connectivity index (χ4n) is 3.46. The molecule has 0 fully saturated rings. The van der Waals surface area contributed by atoms with E-state index in [-0.39, 0.29) is 5.13 Å². The number of nitrogens with one attached hydrogen (secondary N) is 3. The normalized spacial score (nSPS) is 11.6. The van der Waals surface area contributed by atoms with Gasteiger partial charge in [0.15, 0.2) is 5.13 Å². The molecule has 0 aliphatic rings. The van der Waals surface area contributed by atoms with Gasteiger partial charge >= 0.3 is 0 Å². The Morgan fingerprint density at radius 1 is 1.00 bits per heavy atom. The lowest BCUT2D eigenvalue weighted by Gasteiger charge is -1.98. The number of fused-ring (bicyclic) bond motifs is 2. The van der Waals surface area contributed by atoms with Crippen molar-refractivity contribution < 1.29 is 4.39 Å². The minimum Gasteiger partial charge on any atom is -0.353 e. The minimum atomic E-state index is -0.233. The number of H-pyrrole nitrogens is 3. The van der Waals surface area contributed by atoms with Gasteiger partial charge in [-0.05, 0) is 36.4 Å². The summed E-state index contributed by atoms with van der Waals surface area (Å²) >= 11 is 1.08. The molecule has 7 nitrogen and oxygen atoms in total. The monoisotopic (exact) mass is 401 g/mol. The Morgan fingerprint density at radius 3 is 2.79 bits per heavy atom. The first-order valence-electron chi connectivity index (χ1n) is 8.84. The molecule has 0 radical (unpaired) electrons. The molecule has 0 aliphatic heterocycles. The lowest BCUT2D eigenvalue weighted by Crippen LogP contribution is -1.84. The largest absolute Gasteiger partial charge is 0.353 e. The number of halogens is 1. The zero-order chi connectivity index (χ0) is 19.4. The third-order valence-corrected chi connectivity index (χ3v) is 5.69. The van der Waals surface area contributed by atoms with E-state index in [1.807, 2.05) is 24.3 Å². The summed E-state index contributed by atoms with van der Waals surface area (Å²) in [4.78, 5) is 13.4. The highest BCUT2D eigenvalue weighted by Gasteiger charge is 2.16. The maximum absolute atomic E-state index is 13.5. The Labute approximate surface area is 166 Å². The third-order valence-electron chi connectivity index (χ3n) is 4.81. The van der Waals surface area contributed by atoms with Crippen LogP contribution in [0.1, 0.15) is 0 Å². The second-order valence-electron chi connectivity index (χ2n) is 6.56. The number of aromatic amines is 3. The van der Waals surface area contributed by atoms with Gasteiger partial charge < -0.3 is 4.98 Å². The second-order valence-corrected chi connectivity index (χ2v) is 7.59. The lowest BCUT2D eigenvalue weighted by molar-refractivity contribution is 0.657. The van der Waals surface area contributed by atoms with E-state index in [4.69, 9.17) is 4.98 Å². The van der Waals surface area contributed by atoms with Crippen molar-refractivity contribution in [3.05, 3.63) is 60.1 Å². The van der Waals surface area contributed by atoms with Crippen LogP contribution >= 0.6 is 11.3 Å². The van der Waals surface area contributed by atoms with Crippen molar-refractivity contribution in [2.24, 2.45) is 0 Å². The van der Waals surface area contributed by atoms with Crippen LogP contribution in [0.15, 0.2) is 55.0 Å². The Balaban J connectivity index is 1.53. The molecule has 0 saturated heterocycles. The highest BCUT2D eigenvalue weighted by molar-refractivity contribution is 7.13. The zero-order valence-electron chi connectivity index (χ0n) is 14.8.